The van der Waals surface area contributed by atoms with E-state index in [0.29, 0.717) is 5.75 Å². The lowest BCUT2D eigenvalue weighted by Gasteiger charge is -2.10. The number of aromatic nitrogens is 2. The molecule has 0 aliphatic carbocycles. The minimum Gasteiger partial charge on any atom is -0.485 e. The monoisotopic (exact) mass is 348 g/mol. The Kier molecular flexibility index (Phi) is 4.48. The van der Waals surface area contributed by atoms with Crippen molar-refractivity contribution < 1.29 is 22.4 Å². The third-order valence-electron chi connectivity index (χ3n) is 3.69. The number of rotatable bonds is 4. The summed E-state index contributed by atoms with van der Waals surface area (Å²) in [7, 11) is 0. The van der Waals surface area contributed by atoms with E-state index in [0.717, 1.165) is 17.2 Å². The van der Waals surface area contributed by atoms with Crippen molar-refractivity contribution in [1.82, 2.24) is 10.1 Å². The highest BCUT2D eigenvalue weighted by molar-refractivity contribution is 5.59. The summed E-state index contributed by atoms with van der Waals surface area (Å²) >= 11 is 0. The molecule has 0 unspecified atom stereocenters. The quantitative estimate of drug-likeness (QED) is 0.669. The number of nitrogens with zero attached hydrogens (tertiary/aromatic N) is 2. The van der Waals surface area contributed by atoms with Crippen LogP contribution in [0, 0.1) is 13.8 Å². The predicted molar refractivity (Wildman–Crippen MR) is 85.0 cm³/mol. The first kappa shape index (κ1) is 17.0. The molecule has 7 heteroatoms. The van der Waals surface area contributed by atoms with Crippen LogP contribution in [0.15, 0.2) is 47.0 Å². The smallest absolute Gasteiger partial charge is 0.417 e. The summed E-state index contributed by atoms with van der Waals surface area (Å²) in [4.78, 5) is 4.03. The Bertz CT molecular complexity index is 868. The van der Waals surface area contributed by atoms with Crippen LogP contribution in [0.4, 0.5) is 13.2 Å². The second kappa shape index (κ2) is 6.58. The summed E-state index contributed by atoms with van der Waals surface area (Å²) in [5.74, 6) is 0.687. The zero-order valence-electron chi connectivity index (χ0n) is 13.6. The molecule has 0 aliphatic rings. The van der Waals surface area contributed by atoms with E-state index in [1.165, 1.54) is 18.2 Å². The van der Waals surface area contributed by atoms with Crippen LogP contribution < -0.4 is 4.74 Å². The molecule has 0 saturated heterocycles. The van der Waals surface area contributed by atoms with Gasteiger partial charge in [0.25, 0.3) is 5.89 Å². The maximum absolute atomic E-state index is 13.1. The van der Waals surface area contributed by atoms with Crippen molar-refractivity contribution in [1.29, 1.82) is 0 Å². The van der Waals surface area contributed by atoms with Crippen molar-refractivity contribution in [2.75, 3.05) is 0 Å². The standard InChI is InChI=1S/C18H15F3N2O2/c1-11-6-5-7-12(2)16(11)24-10-15-22-17(25-23-15)13-8-3-4-9-14(13)18(19,20)21/h3-9H,10H2,1-2H3. The summed E-state index contributed by atoms with van der Waals surface area (Å²) in [5.41, 5.74) is 0.930. The zero-order valence-corrected chi connectivity index (χ0v) is 13.6. The topological polar surface area (TPSA) is 48.2 Å². The normalized spacial score (nSPS) is 11.6. The number of para-hydroxylation sites is 1. The Morgan fingerprint density at radius 2 is 1.68 bits per heavy atom. The average Bonchev–Trinajstić information content (AvgIpc) is 3.02. The third kappa shape index (κ3) is 3.65. The van der Waals surface area contributed by atoms with E-state index >= 15 is 0 Å². The summed E-state index contributed by atoms with van der Waals surface area (Å²) < 4.78 is 49.9. The van der Waals surface area contributed by atoms with Gasteiger partial charge >= 0.3 is 6.18 Å². The number of hydrogen-bond acceptors (Lipinski definition) is 4. The SMILES string of the molecule is Cc1cccc(C)c1OCc1noc(-c2ccccc2C(F)(F)F)n1. The van der Waals surface area contributed by atoms with Crippen LogP contribution in [0.1, 0.15) is 22.5 Å². The third-order valence-corrected chi connectivity index (χ3v) is 3.69. The Morgan fingerprint density at radius 3 is 2.36 bits per heavy atom. The van der Waals surface area contributed by atoms with Crippen molar-refractivity contribution >= 4 is 0 Å². The van der Waals surface area contributed by atoms with Gasteiger partial charge in [-0.1, -0.05) is 35.5 Å². The second-order valence-corrected chi connectivity index (χ2v) is 5.57. The van der Waals surface area contributed by atoms with Gasteiger partial charge in [-0.25, -0.2) is 0 Å². The molecule has 25 heavy (non-hydrogen) atoms. The molecule has 0 atom stereocenters. The fourth-order valence-electron chi connectivity index (χ4n) is 2.50. The van der Waals surface area contributed by atoms with Crippen LogP contribution in [-0.2, 0) is 12.8 Å². The fourth-order valence-corrected chi connectivity index (χ4v) is 2.50. The molecule has 3 aromatic rings. The summed E-state index contributed by atoms with van der Waals surface area (Å²) in [6, 6.07) is 10.8. The van der Waals surface area contributed by atoms with Gasteiger partial charge in [-0.15, -0.1) is 0 Å². The molecule has 0 bridgehead atoms. The lowest BCUT2D eigenvalue weighted by atomic mass is 10.1. The first-order valence-corrected chi connectivity index (χ1v) is 7.54. The Hall–Kier alpha value is -2.83. The number of ether oxygens (including phenoxy) is 1. The van der Waals surface area contributed by atoms with Gasteiger partial charge in [-0.05, 0) is 37.1 Å². The number of benzene rings is 2. The molecular formula is C18H15F3N2O2. The van der Waals surface area contributed by atoms with Crippen LogP contribution in [0.25, 0.3) is 11.5 Å². The van der Waals surface area contributed by atoms with Crippen LogP contribution in [0.2, 0.25) is 0 Å². The Morgan fingerprint density at radius 1 is 1.00 bits per heavy atom. The van der Waals surface area contributed by atoms with Crippen molar-refractivity contribution in [3.63, 3.8) is 0 Å². The Balaban J connectivity index is 1.82. The van der Waals surface area contributed by atoms with Gasteiger partial charge in [-0.3, -0.25) is 0 Å². The van der Waals surface area contributed by atoms with Gasteiger partial charge in [0.15, 0.2) is 6.61 Å². The van der Waals surface area contributed by atoms with Crippen molar-refractivity contribution in [3.05, 3.63) is 65.0 Å². The van der Waals surface area contributed by atoms with Gasteiger partial charge in [0.1, 0.15) is 5.75 Å². The van der Waals surface area contributed by atoms with Crippen molar-refractivity contribution in [2.24, 2.45) is 0 Å². The predicted octanol–water partition coefficient (Wildman–Crippen LogP) is 4.95. The van der Waals surface area contributed by atoms with E-state index in [2.05, 4.69) is 10.1 Å². The largest absolute Gasteiger partial charge is 0.485 e. The maximum atomic E-state index is 13.1. The number of aryl methyl sites for hydroxylation is 2. The van der Waals surface area contributed by atoms with Gasteiger partial charge in [-0.2, -0.15) is 18.2 Å². The molecule has 0 fully saturated rings. The molecule has 130 valence electrons. The molecule has 0 saturated carbocycles. The van der Waals surface area contributed by atoms with E-state index in [-0.39, 0.29) is 23.9 Å². The van der Waals surface area contributed by atoms with Crippen molar-refractivity contribution in [2.45, 2.75) is 26.6 Å². The Labute approximate surface area is 142 Å². The number of hydrogen-bond donors (Lipinski definition) is 0. The average molecular weight is 348 g/mol. The fraction of sp³-hybridized carbons (Fsp3) is 0.222. The second-order valence-electron chi connectivity index (χ2n) is 5.57. The van der Waals surface area contributed by atoms with Crippen molar-refractivity contribution in [3.8, 4) is 17.2 Å². The molecule has 0 N–H and O–H groups in total. The summed E-state index contributed by atoms with van der Waals surface area (Å²) in [6.07, 6.45) is -4.50. The summed E-state index contributed by atoms with van der Waals surface area (Å²) in [5, 5.41) is 3.71. The number of halogens is 3. The minimum absolute atomic E-state index is 0.00335. The van der Waals surface area contributed by atoms with Gasteiger partial charge in [0.05, 0.1) is 11.1 Å². The first-order chi connectivity index (χ1) is 11.9. The van der Waals surface area contributed by atoms with Crippen LogP contribution in [0.5, 0.6) is 5.75 Å². The lowest BCUT2D eigenvalue weighted by Crippen LogP contribution is -2.07. The summed E-state index contributed by atoms with van der Waals surface area (Å²) in [6.45, 7) is 3.82. The molecule has 2 aromatic carbocycles. The molecule has 3 rings (SSSR count). The minimum atomic E-state index is -4.50. The van der Waals surface area contributed by atoms with Crippen LogP contribution in [-0.4, -0.2) is 10.1 Å². The van der Waals surface area contributed by atoms with Gasteiger partial charge in [0.2, 0.25) is 5.82 Å². The molecule has 0 amide bonds. The highest BCUT2D eigenvalue weighted by Crippen LogP contribution is 2.36. The molecule has 4 nitrogen and oxygen atoms in total. The van der Waals surface area contributed by atoms with E-state index in [9.17, 15) is 13.2 Å². The highest BCUT2D eigenvalue weighted by Gasteiger charge is 2.34. The molecule has 0 spiro atoms. The van der Waals surface area contributed by atoms with Gasteiger partial charge in [0, 0.05) is 0 Å². The molecule has 0 radical (unpaired) electrons. The van der Waals surface area contributed by atoms with E-state index < -0.39 is 11.7 Å². The zero-order chi connectivity index (χ0) is 18.0. The lowest BCUT2D eigenvalue weighted by molar-refractivity contribution is -0.137. The maximum Gasteiger partial charge on any atom is 0.417 e. The van der Waals surface area contributed by atoms with Crippen LogP contribution >= 0.6 is 0 Å². The van der Waals surface area contributed by atoms with E-state index in [1.54, 1.807) is 0 Å². The molecule has 1 heterocycles. The first-order valence-electron chi connectivity index (χ1n) is 7.54. The van der Waals surface area contributed by atoms with Crippen LogP contribution in [0.3, 0.4) is 0 Å². The molecule has 1 aromatic heterocycles. The van der Waals surface area contributed by atoms with E-state index in [1.807, 2.05) is 32.0 Å². The number of alkyl halides is 3. The van der Waals surface area contributed by atoms with E-state index in [4.69, 9.17) is 9.26 Å². The van der Waals surface area contributed by atoms with Gasteiger partial charge < -0.3 is 9.26 Å². The highest BCUT2D eigenvalue weighted by atomic mass is 19.4. The molecule has 0 aliphatic heterocycles. The molecular weight excluding hydrogens is 333 g/mol.